The van der Waals surface area contributed by atoms with Crippen LogP contribution in [0.15, 0.2) is 0 Å². The van der Waals surface area contributed by atoms with Crippen LogP contribution < -0.4 is 0 Å². The van der Waals surface area contributed by atoms with Gasteiger partial charge in [0.15, 0.2) is 0 Å². The first-order valence-electron chi connectivity index (χ1n) is 2.18. The molecule has 39 valence electrons. The van der Waals surface area contributed by atoms with Crippen LogP contribution in [0.2, 0.25) is 0 Å². The van der Waals surface area contributed by atoms with Crippen LogP contribution in [0.25, 0.3) is 0 Å². The molecule has 7 heavy (non-hydrogen) atoms. The van der Waals surface area contributed by atoms with Gasteiger partial charge in [-0.05, 0) is 14.0 Å². The molecule has 0 aromatic carbocycles. The minimum Gasteiger partial charge on any atom is -0.289 e. The predicted octanol–water partition coefficient (Wildman–Crippen LogP) is 0.623. The number of nitriles is 1. The molecule has 0 aliphatic rings. The van der Waals surface area contributed by atoms with Crippen molar-refractivity contribution in [3.05, 3.63) is 6.54 Å². The third kappa shape index (κ3) is 3.28. The van der Waals surface area contributed by atoms with E-state index >= 15 is 0 Å². The topological polar surface area (TPSA) is 27.0 Å². The van der Waals surface area contributed by atoms with Crippen LogP contribution in [-0.4, -0.2) is 18.5 Å². The molecule has 0 fully saturated rings. The Kier molecular flexibility index (Phi) is 3.35. The van der Waals surface area contributed by atoms with Gasteiger partial charge in [-0.25, -0.2) is 0 Å². The summed E-state index contributed by atoms with van der Waals surface area (Å²) >= 11 is 0. The summed E-state index contributed by atoms with van der Waals surface area (Å²) in [6, 6.07) is 2.01. The minimum atomic E-state index is 0.483. The lowest BCUT2D eigenvalue weighted by molar-refractivity contribution is 0.461. The first-order chi connectivity index (χ1) is 3.31. The molecule has 0 aliphatic heterocycles. The summed E-state index contributed by atoms with van der Waals surface area (Å²) in [7, 11) is 1.86. The highest BCUT2D eigenvalue weighted by Crippen LogP contribution is 1.80. The second-order valence-electron chi connectivity index (χ2n) is 1.33. The Morgan fingerprint density at radius 2 is 2.43 bits per heavy atom. The van der Waals surface area contributed by atoms with Gasteiger partial charge >= 0.3 is 0 Å². The van der Waals surface area contributed by atoms with Gasteiger partial charge in [0, 0.05) is 6.54 Å². The summed E-state index contributed by atoms with van der Waals surface area (Å²) < 4.78 is 0. The summed E-state index contributed by atoms with van der Waals surface area (Å²) in [4.78, 5) is 1.82. The van der Waals surface area contributed by atoms with Crippen molar-refractivity contribution in [1.29, 1.82) is 5.26 Å². The Balaban J connectivity index is 3.03. The summed E-state index contributed by atoms with van der Waals surface area (Å²) in [5.74, 6) is 0. The molecule has 0 spiro atoms. The third-order valence-electron chi connectivity index (χ3n) is 0.761. The average molecular weight is 97.1 g/mol. The molecule has 0 saturated carbocycles. The molecule has 0 heterocycles. The summed E-state index contributed by atoms with van der Waals surface area (Å²) in [6.45, 7) is 4.25. The van der Waals surface area contributed by atoms with Gasteiger partial charge < -0.3 is 0 Å². The van der Waals surface area contributed by atoms with Crippen molar-refractivity contribution in [2.24, 2.45) is 0 Å². The zero-order valence-corrected chi connectivity index (χ0v) is 4.68. The van der Waals surface area contributed by atoms with Crippen molar-refractivity contribution < 1.29 is 0 Å². The van der Waals surface area contributed by atoms with Crippen molar-refractivity contribution in [3.63, 3.8) is 0 Å². The van der Waals surface area contributed by atoms with Crippen molar-refractivity contribution in [3.8, 4) is 6.07 Å². The molecule has 0 unspecified atom stereocenters. The highest BCUT2D eigenvalue weighted by Gasteiger charge is 1.87. The van der Waals surface area contributed by atoms with E-state index in [4.69, 9.17) is 5.26 Å². The van der Waals surface area contributed by atoms with Gasteiger partial charge in [-0.1, -0.05) is 0 Å². The predicted molar refractivity (Wildman–Crippen MR) is 28.2 cm³/mol. The van der Waals surface area contributed by atoms with Gasteiger partial charge in [-0.2, -0.15) is 5.26 Å². The van der Waals surface area contributed by atoms with E-state index in [2.05, 4.69) is 0 Å². The Labute approximate surface area is 44.4 Å². The van der Waals surface area contributed by atoms with Crippen molar-refractivity contribution in [1.82, 2.24) is 4.90 Å². The quantitative estimate of drug-likeness (QED) is 0.472. The van der Waals surface area contributed by atoms with E-state index in [1.807, 2.05) is 31.5 Å². The summed E-state index contributed by atoms with van der Waals surface area (Å²) in [6.07, 6.45) is 0. The van der Waals surface area contributed by atoms with Crippen LogP contribution in [0.4, 0.5) is 0 Å². The Morgan fingerprint density at radius 1 is 1.86 bits per heavy atom. The molecule has 0 bridgehead atoms. The molecule has 0 aliphatic carbocycles. The first-order valence-corrected chi connectivity index (χ1v) is 2.18. The van der Waals surface area contributed by atoms with Gasteiger partial charge in [-0.15, -0.1) is 0 Å². The Morgan fingerprint density at radius 3 is 2.57 bits per heavy atom. The van der Waals surface area contributed by atoms with Crippen LogP contribution >= 0.6 is 0 Å². The fourth-order valence-corrected chi connectivity index (χ4v) is 0.203. The molecule has 1 radical (unpaired) electrons. The molecule has 0 aromatic heterocycles. The molecule has 0 atom stereocenters. The molecule has 0 aromatic rings. The lowest BCUT2D eigenvalue weighted by Crippen LogP contribution is -2.12. The van der Waals surface area contributed by atoms with Gasteiger partial charge in [0.1, 0.15) is 0 Å². The molecule has 0 saturated heterocycles. The molecule has 0 rings (SSSR count). The van der Waals surface area contributed by atoms with Gasteiger partial charge in [0.25, 0.3) is 0 Å². The molecular formula is C5H9N2. The van der Waals surface area contributed by atoms with Crippen LogP contribution in [-0.2, 0) is 0 Å². The third-order valence-corrected chi connectivity index (χ3v) is 0.761. The fraction of sp³-hybridized carbons (Fsp3) is 0.600. The van der Waals surface area contributed by atoms with Gasteiger partial charge in [0.2, 0.25) is 0 Å². The smallest absolute Gasteiger partial charge is 0.0866 e. The van der Waals surface area contributed by atoms with Crippen molar-refractivity contribution in [2.75, 3.05) is 13.6 Å². The maximum absolute atomic E-state index is 8.06. The minimum absolute atomic E-state index is 0.483. The zero-order chi connectivity index (χ0) is 5.70. The number of hydrogen-bond acceptors (Lipinski definition) is 2. The SMILES string of the molecule is C[CH]N(C)CC#N. The van der Waals surface area contributed by atoms with E-state index in [9.17, 15) is 0 Å². The van der Waals surface area contributed by atoms with Gasteiger partial charge in [0.05, 0.1) is 12.6 Å². The fourth-order valence-electron chi connectivity index (χ4n) is 0.203. The summed E-state index contributed by atoms with van der Waals surface area (Å²) in [5.41, 5.74) is 0. The number of rotatable bonds is 2. The second kappa shape index (κ2) is 3.63. The first kappa shape index (κ1) is 6.45. The molecule has 2 heteroatoms. The monoisotopic (exact) mass is 97.1 g/mol. The van der Waals surface area contributed by atoms with Crippen LogP contribution in [0.5, 0.6) is 0 Å². The van der Waals surface area contributed by atoms with Crippen molar-refractivity contribution in [2.45, 2.75) is 6.92 Å². The maximum Gasteiger partial charge on any atom is 0.0866 e. The van der Waals surface area contributed by atoms with E-state index in [0.717, 1.165) is 0 Å². The Hall–Kier alpha value is -0.550. The average Bonchev–Trinajstić information content (AvgIpc) is 1.68. The van der Waals surface area contributed by atoms with E-state index in [0.29, 0.717) is 6.54 Å². The van der Waals surface area contributed by atoms with Crippen LogP contribution in [0.3, 0.4) is 0 Å². The highest BCUT2D eigenvalue weighted by molar-refractivity contribution is 4.76. The lowest BCUT2D eigenvalue weighted by atomic mass is 10.6. The van der Waals surface area contributed by atoms with E-state index in [1.165, 1.54) is 0 Å². The molecular weight excluding hydrogens is 88.1 g/mol. The number of nitrogens with zero attached hydrogens (tertiary/aromatic N) is 2. The standard InChI is InChI=1S/C5H9N2/c1-3-7(2)5-4-6/h3H,5H2,1-2H3. The highest BCUT2D eigenvalue weighted by atomic mass is 15.1. The zero-order valence-electron chi connectivity index (χ0n) is 4.68. The normalized spacial score (nSPS) is 8.86. The molecule has 0 amide bonds. The largest absolute Gasteiger partial charge is 0.289 e. The second-order valence-corrected chi connectivity index (χ2v) is 1.33. The lowest BCUT2D eigenvalue weighted by Gasteiger charge is -2.04. The van der Waals surface area contributed by atoms with Crippen LogP contribution in [0, 0.1) is 17.9 Å². The molecule has 2 nitrogen and oxygen atoms in total. The molecule has 0 N–H and O–H groups in total. The van der Waals surface area contributed by atoms with E-state index in [1.54, 1.807) is 0 Å². The number of hydrogen-bond donors (Lipinski definition) is 0. The summed E-state index contributed by atoms with van der Waals surface area (Å²) in [5, 5.41) is 8.06. The van der Waals surface area contributed by atoms with Crippen LogP contribution in [0.1, 0.15) is 6.92 Å². The maximum atomic E-state index is 8.06. The van der Waals surface area contributed by atoms with E-state index < -0.39 is 0 Å². The van der Waals surface area contributed by atoms with E-state index in [-0.39, 0.29) is 0 Å². The van der Waals surface area contributed by atoms with Crippen molar-refractivity contribution >= 4 is 0 Å². The Bertz CT molecular complexity index is 72.6. The van der Waals surface area contributed by atoms with Gasteiger partial charge in [-0.3, -0.25) is 4.90 Å².